The van der Waals surface area contributed by atoms with Gasteiger partial charge in [0.25, 0.3) is 0 Å². The Balaban J connectivity index is 1.03. The van der Waals surface area contributed by atoms with Crippen LogP contribution in [0.1, 0.15) is 78.1 Å². The molecule has 5 atom stereocenters. The van der Waals surface area contributed by atoms with Crippen LogP contribution in [0.3, 0.4) is 0 Å². The van der Waals surface area contributed by atoms with Gasteiger partial charge in [0.05, 0.1) is 19.8 Å². The zero-order valence-corrected chi connectivity index (χ0v) is 25.7. The first-order valence-electron chi connectivity index (χ1n) is 14.3. The minimum atomic E-state index is 0.112. The summed E-state index contributed by atoms with van der Waals surface area (Å²) in [5.41, 5.74) is 4.41. The molecule has 3 aromatic rings. The van der Waals surface area contributed by atoms with Crippen molar-refractivity contribution in [2.45, 2.75) is 56.8 Å². The SMILES string of the molecule is CCc1cc2c(s1)C(CNCC1COC(CNCC3CO[C@@H](CNC)c4sccc43)c3sc(C)cc31)OCC2. The van der Waals surface area contributed by atoms with Crippen molar-refractivity contribution in [3.05, 3.63) is 64.7 Å². The van der Waals surface area contributed by atoms with Crippen LogP contribution in [0.4, 0.5) is 0 Å². The van der Waals surface area contributed by atoms with Gasteiger partial charge in [-0.1, -0.05) is 6.92 Å². The van der Waals surface area contributed by atoms with Crippen LogP contribution in [0.2, 0.25) is 0 Å². The van der Waals surface area contributed by atoms with Crippen LogP contribution >= 0.6 is 34.0 Å². The molecule has 6 nitrogen and oxygen atoms in total. The number of nitrogens with one attached hydrogen (secondary N) is 3. The van der Waals surface area contributed by atoms with E-state index in [-0.39, 0.29) is 18.3 Å². The molecule has 9 heteroatoms. The summed E-state index contributed by atoms with van der Waals surface area (Å²) in [4.78, 5) is 7.04. The van der Waals surface area contributed by atoms with Crippen molar-refractivity contribution in [1.82, 2.24) is 16.0 Å². The second-order valence-electron chi connectivity index (χ2n) is 10.9. The number of hydrogen-bond donors (Lipinski definition) is 3. The van der Waals surface area contributed by atoms with E-state index in [1.807, 2.05) is 41.1 Å². The third kappa shape index (κ3) is 6.08. The lowest BCUT2D eigenvalue weighted by Crippen LogP contribution is -2.36. The number of aryl methyl sites for hydroxylation is 2. The number of likely N-dealkylation sites (N-methyl/N-ethyl adjacent to an activating group) is 1. The Labute approximate surface area is 244 Å². The van der Waals surface area contributed by atoms with Gasteiger partial charge in [-0.05, 0) is 67.1 Å². The Morgan fingerprint density at radius 3 is 2.28 bits per heavy atom. The predicted octanol–water partition coefficient (Wildman–Crippen LogP) is 5.46. The number of thiophene rings is 3. The Morgan fingerprint density at radius 2 is 1.54 bits per heavy atom. The lowest BCUT2D eigenvalue weighted by Gasteiger charge is -2.32. The van der Waals surface area contributed by atoms with Crippen molar-refractivity contribution in [3.63, 3.8) is 0 Å². The van der Waals surface area contributed by atoms with Gasteiger partial charge in [0, 0.05) is 68.9 Å². The molecule has 0 saturated carbocycles. The first-order chi connectivity index (χ1) is 19.1. The van der Waals surface area contributed by atoms with Crippen LogP contribution in [0.25, 0.3) is 0 Å². The highest BCUT2D eigenvalue weighted by atomic mass is 32.1. The van der Waals surface area contributed by atoms with Gasteiger partial charge in [-0.25, -0.2) is 0 Å². The van der Waals surface area contributed by atoms with Crippen molar-refractivity contribution in [3.8, 4) is 0 Å². The molecule has 0 fully saturated rings. The molecule has 3 N–H and O–H groups in total. The second kappa shape index (κ2) is 12.8. The van der Waals surface area contributed by atoms with Crippen molar-refractivity contribution < 1.29 is 14.2 Å². The minimum Gasteiger partial charge on any atom is -0.371 e. The van der Waals surface area contributed by atoms with E-state index in [1.165, 1.54) is 41.1 Å². The van der Waals surface area contributed by atoms with E-state index in [1.54, 1.807) is 0 Å². The van der Waals surface area contributed by atoms with E-state index in [9.17, 15) is 0 Å². The molecule has 3 aliphatic heterocycles. The van der Waals surface area contributed by atoms with Gasteiger partial charge in [-0.15, -0.1) is 34.0 Å². The summed E-state index contributed by atoms with van der Waals surface area (Å²) < 4.78 is 18.9. The van der Waals surface area contributed by atoms with E-state index in [2.05, 4.69) is 53.4 Å². The largest absolute Gasteiger partial charge is 0.371 e. The summed E-state index contributed by atoms with van der Waals surface area (Å²) in [6.07, 6.45) is 2.61. The monoisotopic (exact) mass is 587 g/mol. The van der Waals surface area contributed by atoms with E-state index in [0.717, 1.165) is 65.4 Å². The van der Waals surface area contributed by atoms with Crippen LogP contribution in [0.5, 0.6) is 0 Å². The smallest absolute Gasteiger partial charge is 0.104 e. The van der Waals surface area contributed by atoms with E-state index >= 15 is 0 Å². The first-order valence-corrected chi connectivity index (χ1v) is 16.9. The fraction of sp³-hybridized carbons (Fsp3) is 0.600. The summed E-state index contributed by atoms with van der Waals surface area (Å²) >= 11 is 5.65. The van der Waals surface area contributed by atoms with Gasteiger partial charge in [0.2, 0.25) is 0 Å². The molecule has 0 amide bonds. The summed E-state index contributed by atoms with van der Waals surface area (Å²) in [6.45, 7) is 11.2. The van der Waals surface area contributed by atoms with Gasteiger partial charge in [0.15, 0.2) is 0 Å². The maximum atomic E-state index is 6.48. The van der Waals surface area contributed by atoms with Crippen LogP contribution in [0.15, 0.2) is 23.6 Å². The highest BCUT2D eigenvalue weighted by molar-refractivity contribution is 7.12. The Morgan fingerprint density at radius 1 is 0.821 bits per heavy atom. The summed E-state index contributed by atoms with van der Waals surface area (Å²) in [5, 5.41) is 12.9. The van der Waals surface area contributed by atoms with Gasteiger partial charge in [-0.2, -0.15) is 0 Å². The predicted molar refractivity (Wildman–Crippen MR) is 162 cm³/mol. The average molecular weight is 588 g/mol. The molecule has 0 bridgehead atoms. The Bertz CT molecular complexity index is 1240. The molecule has 3 aliphatic rings. The van der Waals surface area contributed by atoms with Crippen molar-refractivity contribution in [2.75, 3.05) is 59.6 Å². The van der Waals surface area contributed by atoms with Gasteiger partial charge >= 0.3 is 0 Å². The molecule has 0 saturated heterocycles. The number of ether oxygens (including phenoxy) is 3. The summed E-state index contributed by atoms with van der Waals surface area (Å²) in [7, 11) is 1.99. The third-order valence-corrected chi connectivity index (χ3v) is 11.8. The molecular formula is C30H41N3O3S3. The van der Waals surface area contributed by atoms with E-state index in [0.29, 0.717) is 11.8 Å². The highest BCUT2D eigenvalue weighted by Gasteiger charge is 2.32. The normalized spacial score (nSPS) is 26.3. The minimum absolute atomic E-state index is 0.112. The number of hydrogen-bond acceptors (Lipinski definition) is 9. The lowest BCUT2D eigenvalue weighted by atomic mass is 9.94. The summed E-state index contributed by atoms with van der Waals surface area (Å²) in [6, 6.07) is 7.06. The summed E-state index contributed by atoms with van der Waals surface area (Å²) in [5.74, 6) is 0.770. The van der Waals surface area contributed by atoms with Crippen LogP contribution in [-0.4, -0.2) is 59.6 Å². The molecular weight excluding hydrogens is 547 g/mol. The fourth-order valence-corrected chi connectivity index (χ4v) is 9.53. The maximum absolute atomic E-state index is 6.48. The molecule has 6 heterocycles. The maximum Gasteiger partial charge on any atom is 0.104 e. The van der Waals surface area contributed by atoms with Crippen molar-refractivity contribution in [1.29, 1.82) is 0 Å². The van der Waals surface area contributed by atoms with Gasteiger partial charge in [-0.3, -0.25) is 0 Å². The quantitative estimate of drug-likeness (QED) is 0.277. The van der Waals surface area contributed by atoms with Crippen LogP contribution < -0.4 is 16.0 Å². The van der Waals surface area contributed by atoms with Crippen molar-refractivity contribution >= 4 is 34.0 Å². The molecule has 3 aromatic heterocycles. The number of rotatable bonds is 11. The first kappa shape index (κ1) is 28.0. The standard InChI is InChI=1S/C30H41N3O3S3/c1-4-22-10-19-5-7-34-26(28(19)39-22)14-33-12-21-17-36-27(30-24(21)9-18(2)38-30)15-32-11-20-16-35-25(13-31-3)29-23(20)6-8-37-29/h6,8-10,20-21,25-27,31-33H,4-5,7,11-17H2,1-3H3/t20?,21?,25-,26?,27?/m0/s1. The zero-order valence-electron chi connectivity index (χ0n) is 23.2. The molecule has 39 heavy (non-hydrogen) atoms. The number of fused-ring (bicyclic) bond motifs is 3. The van der Waals surface area contributed by atoms with Gasteiger partial charge in [0.1, 0.15) is 18.3 Å². The molecule has 0 radical (unpaired) electrons. The third-order valence-electron chi connectivity index (χ3n) is 8.16. The van der Waals surface area contributed by atoms with Crippen molar-refractivity contribution in [2.24, 2.45) is 0 Å². The lowest BCUT2D eigenvalue weighted by molar-refractivity contribution is 0.0210. The zero-order chi connectivity index (χ0) is 26.8. The van der Waals surface area contributed by atoms with Gasteiger partial charge < -0.3 is 30.2 Å². The molecule has 4 unspecified atom stereocenters. The highest BCUT2D eigenvalue weighted by Crippen LogP contribution is 2.41. The van der Waals surface area contributed by atoms with Crippen LogP contribution in [-0.2, 0) is 27.1 Å². The molecule has 0 aromatic carbocycles. The molecule has 212 valence electrons. The second-order valence-corrected chi connectivity index (χ2v) is 14.3. The van der Waals surface area contributed by atoms with E-state index < -0.39 is 0 Å². The Kier molecular flexibility index (Phi) is 9.19. The molecule has 6 rings (SSSR count). The van der Waals surface area contributed by atoms with E-state index in [4.69, 9.17) is 14.2 Å². The molecule has 0 aliphatic carbocycles. The molecule has 0 spiro atoms. The topological polar surface area (TPSA) is 63.8 Å². The average Bonchev–Trinajstić information content (AvgIpc) is 3.69. The Hall–Kier alpha value is -1.14. The van der Waals surface area contributed by atoms with Crippen LogP contribution in [0, 0.1) is 6.92 Å². The fourth-order valence-electron chi connectivity index (χ4n) is 6.13.